The van der Waals surface area contributed by atoms with E-state index in [2.05, 4.69) is 26.5 Å². The van der Waals surface area contributed by atoms with Gasteiger partial charge in [0.25, 0.3) is 11.8 Å². The minimum absolute atomic E-state index is 0.0545. The number of allylic oxidation sites excluding steroid dienone is 1. The number of hydrogen-bond acceptors (Lipinski definition) is 10. The summed E-state index contributed by atoms with van der Waals surface area (Å²) >= 11 is 5.22. The Morgan fingerprint density at radius 3 is 2.49 bits per heavy atom. The molecule has 2 aliphatic rings. The second-order valence-corrected chi connectivity index (χ2v) is 10.4. The molecule has 0 radical (unpaired) electrons. The van der Waals surface area contributed by atoms with E-state index in [9.17, 15) is 24.0 Å². The third-order valence-corrected chi connectivity index (χ3v) is 7.29. The highest BCUT2D eigenvalue weighted by Crippen LogP contribution is 2.34. The molecule has 1 saturated heterocycles. The van der Waals surface area contributed by atoms with Crippen molar-refractivity contribution in [1.82, 2.24) is 21.4 Å². The normalized spacial score (nSPS) is 18.3. The van der Waals surface area contributed by atoms with Crippen LogP contribution in [-0.2, 0) is 23.9 Å². The number of nitrogens with zero attached hydrogens (tertiary/aromatic N) is 2. The van der Waals surface area contributed by atoms with E-state index in [0.717, 1.165) is 17.3 Å². The molecule has 0 aromatic heterocycles. The second-order valence-electron chi connectivity index (χ2n) is 10.0. The number of carbonyl (C=O) groups excluding carboxylic acids is 5. The van der Waals surface area contributed by atoms with Crippen molar-refractivity contribution in [3.05, 3.63) is 64.4 Å². The Balaban J connectivity index is 1.41. The van der Waals surface area contributed by atoms with Gasteiger partial charge in [0.2, 0.25) is 5.91 Å². The first-order chi connectivity index (χ1) is 21.4. The lowest BCUT2D eigenvalue weighted by Crippen LogP contribution is -2.58. The zero-order chi connectivity index (χ0) is 32.8. The highest BCUT2D eigenvalue weighted by Gasteiger charge is 2.38. The molecule has 0 bridgehead atoms. The van der Waals surface area contributed by atoms with Crippen LogP contribution in [0.25, 0.3) is 0 Å². The molecule has 4 N–H and O–H groups in total. The summed E-state index contributed by atoms with van der Waals surface area (Å²) < 4.78 is 16.2. The van der Waals surface area contributed by atoms with Gasteiger partial charge < -0.3 is 30.2 Å². The molecular weight excluding hydrogens is 604 g/mol. The number of esters is 1. The molecule has 0 unspecified atom stereocenters. The Kier molecular flexibility index (Phi) is 10.1. The van der Waals surface area contributed by atoms with Crippen LogP contribution in [0.5, 0.6) is 11.5 Å². The number of amides is 5. The Morgan fingerprint density at radius 2 is 1.80 bits per heavy atom. The number of hydrazone groups is 1. The van der Waals surface area contributed by atoms with E-state index in [0.29, 0.717) is 16.9 Å². The number of thiocarbonyl (C=S) groups is 1. The summed E-state index contributed by atoms with van der Waals surface area (Å²) in [7, 11) is 1.39. The van der Waals surface area contributed by atoms with E-state index in [1.54, 1.807) is 38.1 Å². The van der Waals surface area contributed by atoms with Gasteiger partial charge in [-0.1, -0.05) is 12.1 Å². The third kappa shape index (κ3) is 7.26. The Hall–Kier alpha value is -5.31. The van der Waals surface area contributed by atoms with Gasteiger partial charge in [-0.05, 0) is 80.9 Å². The fourth-order valence-electron chi connectivity index (χ4n) is 4.60. The van der Waals surface area contributed by atoms with E-state index in [1.807, 2.05) is 19.9 Å². The summed E-state index contributed by atoms with van der Waals surface area (Å²) in [5.41, 5.74) is 5.79. The summed E-state index contributed by atoms with van der Waals surface area (Å²) in [6.07, 6.45) is 1.02. The monoisotopic (exact) mass is 636 g/mol. The first kappa shape index (κ1) is 32.6. The van der Waals surface area contributed by atoms with Gasteiger partial charge in [0.1, 0.15) is 0 Å². The van der Waals surface area contributed by atoms with E-state index >= 15 is 0 Å². The molecule has 45 heavy (non-hydrogen) atoms. The molecule has 1 fully saturated rings. The van der Waals surface area contributed by atoms with Gasteiger partial charge in [-0.2, -0.15) is 5.10 Å². The predicted octanol–water partition coefficient (Wildman–Crippen LogP) is 2.05. The van der Waals surface area contributed by atoms with Gasteiger partial charge in [0.15, 0.2) is 29.1 Å². The van der Waals surface area contributed by atoms with Gasteiger partial charge in [0, 0.05) is 11.9 Å². The maximum atomic E-state index is 13.1. The highest BCUT2D eigenvalue weighted by atomic mass is 32.1. The van der Waals surface area contributed by atoms with Crippen LogP contribution in [0.15, 0.2) is 52.8 Å². The Labute approximate surface area is 264 Å². The topological polar surface area (TPSA) is 177 Å². The molecule has 236 valence electrons. The van der Waals surface area contributed by atoms with Crippen LogP contribution in [-0.4, -0.2) is 61.4 Å². The van der Waals surface area contributed by atoms with E-state index in [1.165, 1.54) is 18.1 Å². The van der Waals surface area contributed by atoms with Gasteiger partial charge in [-0.25, -0.2) is 15.0 Å². The Morgan fingerprint density at radius 1 is 1.04 bits per heavy atom. The first-order valence-electron chi connectivity index (χ1n) is 13.8. The van der Waals surface area contributed by atoms with Crippen LogP contribution < -0.4 is 35.7 Å². The average molecular weight is 637 g/mol. The van der Waals surface area contributed by atoms with Crippen LogP contribution >= 0.6 is 12.2 Å². The average Bonchev–Trinajstić information content (AvgIpc) is 2.99. The smallest absolute Gasteiger partial charge is 0.338 e. The van der Waals surface area contributed by atoms with Crippen molar-refractivity contribution in [2.24, 2.45) is 11.0 Å². The summed E-state index contributed by atoms with van der Waals surface area (Å²) in [6, 6.07) is 8.72. The molecule has 5 amide bonds. The molecule has 2 aliphatic heterocycles. The van der Waals surface area contributed by atoms with Gasteiger partial charge in [-0.3, -0.25) is 19.3 Å². The van der Waals surface area contributed by atoms with Crippen molar-refractivity contribution in [2.75, 3.05) is 25.2 Å². The zero-order valence-electron chi connectivity index (χ0n) is 25.2. The van der Waals surface area contributed by atoms with Crippen molar-refractivity contribution in [1.29, 1.82) is 0 Å². The lowest BCUT2D eigenvalue weighted by atomic mass is 9.95. The minimum atomic E-state index is -1.33. The van der Waals surface area contributed by atoms with E-state index in [-0.39, 0.29) is 28.8 Å². The molecular formula is C30H32N6O8S. The number of methoxy groups -OCH3 is 1. The molecule has 2 heterocycles. The molecule has 15 heteroatoms. The number of benzene rings is 2. The number of ether oxygens (including phenoxy) is 3. The third-order valence-electron chi connectivity index (χ3n) is 7.01. The van der Waals surface area contributed by atoms with E-state index < -0.39 is 48.3 Å². The molecule has 4 rings (SSSR count). The molecule has 2 atom stereocenters. The van der Waals surface area contributed by atoms with Crippen LogP contribution in [0.1, 0.15) is 36.6 Å². The van der Waals surface area contributed by atoms with Crippen LogP contribution in [0, 0.1) is 19.8 Å². The largest absolute Gasteiger partial charge is 0.493 e. The number of hydrogen-bond donors (Lipinski definition) is 4. The molecule has 14 nitrogen and oxygen atoms in total. The summed E-state index contributed by atoms with van der Waals surface area (Å²) in [6.45, 7) is 6.76. The summed E-state index contributed by atoms with van der Waals surface area (Å²) in [5, 5.41) is 11.5. The standard InChI is InChI=1S/C30H32N6O8S/c1-6-43-28(40)24-17(4)32-29(41)33-25(24)18-8-10-21(22(12-18)42-5)44-14-23(37)35-31-13-20-26(38)34-30(45)36(27(20)39)19-9-7-15(2)16(3)11-19/h7-13,20,25H,6,14H2,1-5H3,(H,35,37)(H2,32,33,41)(H,34,38,45)/b31-13+/t20-,25-/m1/s1. The molecule has 2 aromatic carbocycles. The quantitative estimate of drug-likeness (QED) is 0.1000. The summed E-state index contributed by atoms with van der Waals surface area (Å²) in [5.74, 6) is -3.48. The van der Waals surface area contributed by atoms with Gasteiger partial charge in [0.05, 0.1) is 31.0 Å². The maximum absolute atomic E-state index is 13.1. The van der Waals surface area contributed by atoms with Crippen molar-refractivity contribution < 1.29 is 38.2 Å². The second kappa shape index (κ2) is 14.0. The summed E-state index contributed by atoms with van der Waals surface area (Å²) in [4.78, 5) is 64.1. The lowest BCUT2D eigenvalue weighted by Gasteiger charge is -2.31. The number of urea groups is 1. The van der Waals surface area contributed by atoms with Crippen LogP contribution in [0.2, 0.25) is 0 Å². The molecule has 0 saturated carbocycles. The molecule has 0 aliphatic carbocycles. The first-order valence-corrected chi connectivity index (χ1v) is 14.2. The van der Waals surface area contributed by atoms with Crippen molar-refractivity contribution in [3.8, 4) is 11.5 Å². The van der Waals surface area contributed by atoms with E-state index in [4.69, 9.17) is 26.4 Å². The van der Waals surface area contributed by atoms with Crippen molar-refractivity contribution >= 4 is 59.0 Å². The zero-order valence-corrected chi connectivity index (χ0v) is 26.0. The van der Waals surface area contributed by atoms with Crippen molar-refractivity contribution in [2.45, 2.75) is 33.7 Å². The van der Waals surface area contributed by atoms with Crippen LogP contribution in [0.3, 0.4) is 0 Å². The predicted molar refractivity (Wildman–Crippen MR) is 166 cm³/mol. The van der Waals surface area contributed by atoms with Gasteiger partial charge >= 0.3 is 12.0 Å². The fourth-order valence-corrected chi connectivity index (χ4v) is 4.89. The fraction of sp³-hybridized carbons (Fsp3) is 0.300. The molecule has 0 spiro atoms. The minimum Gasteiger partial charge on any atom is -0.493 e. The number of nitrogens with one attached hydrogen (secondary N) is 4. The maximum Gasteiger partial charge on any atom is 0.338 e. The van der Waals surface area contributed by atoms with Gasteiger partial charge in [-0.15, -0.1) is 0 Å². The lowest BCUT2D eigenvalue weighted by molar-refractivity contribution is -0.139. The molecule has 2 aromatic rings. The number of carbonyl (C=O) groups is 5. The Bertz CT molecular complexity index is 1640. The number of aryl methyl sites for hydroxylation is 2. The van der Waals surface area contributed by atoms with Crippen LogP contribution in [0.4, 0.5) is 10.5 Å². The van der Waals surface area contributed by atoms with Crippen molar-refractivity contribution in [3.63, 3.8) is 0 Å². The SMILES string of the molecule is CCOC(=O)C1=C(C)NC(=O)N[C@@H]1c1ccc(OCC(=O)N/N=C/[C@@H]2C(=O)NC(=S)N(c3ccc(C)c(C)c3)C2=O)c(OC)c1. The number of anilines is 1. The highest BCUT2D eigenvalue weighted by molar-refractivity contribution is 7.80. The number of rotatable bonds is 10.